The number of rotatable bonds is 4. The van der Waals surface area contributed by atoms with Crippen LogP contribution in [0.3, 0.4) is 0 Å². The topological polar surface area (TPSA) is 43.4 Å². The summed E-state index contributed by atoms with van der Waals surface area (Å²) in [6, 6.07) is 7.43. The largest absolute Gasteiger partial charge is 0.469 e. The third-order valence-corrected chi connectivity index (χ3v) is 3.29. The maximum atomic E-state index is 11.8. The van der Waals surface area contributed by atoms with Gasteiger partial charge in [-0.2, -0.15) is 0 Å². The molecule has 0 N–H and O–H groups in total. The number of methoxy groups -OCH3 is 1. The Kier molecular flexibility index (Phi) is 5.60. The number of carbonyl (C=O) groups is 2. The van der Waals surface area contributed by atoms with Gasteiger partial charge in [0, 0.05) is 11.3 Å². The smallest absolute Gasteiger partial charge is 0.309 e. The highest BCUT2D eigenvalue weighted by Crippen LogP contribution is 2.27. The minimum atomic E-state index is -0.260. The zero-order valence-electron chi connectivity index (χ0n) is 11.9. The summed E-state index contributed by atoms with van der Waals surface area (Å²) in [5.41, 5.74) is 0.897. The van der Waals surface area contributed by atoms with Crippen LogP contribution in [0.5, 0.6) is 0 Å². The molecule has 0 heterocycles. The SMILES string of the molecule is COC(=O)Cc1ccc(SC(=O)CC(C)(C)C)cc1. The fourth-order valence-corrected chi connectivity index (χ4v) is 2.55. The molecular weight excluding hydrogens is 260 g/mol. The van der Waals surface area contributed by atoms with E-state index in [0.717, 1.165) is 10.5 Å². The van der Waals surface area contributed by atoms with Crippen molar-refractivity contribution in [2.24, 2.45) is 5.41 Å². The third-order valence-electron chi connectivity index (χ3n) is 2.41. The molecule has 19 heavy (non-hydrogen) atoms. The molecular formula is C15H20O3S. The summed E-state index contributed by atoms with van der Waals surface area (Å²) in [6.07, 6.45) is 0.805. The second-order valence-electron chi connectivity index (χ2n) is 5.61. The van der Waals surface area contributed by atoms with Crippen molar-refractivity contribution in [3.05, 3.63) is 29.8 Å². The van der Waals surface area contributed by atoms with E-state index in [0.29, 0.717) is 6.42 Å². The van der Waals surface area contributed by atoms with E-state index in [-0.39, 0.29) is 22.9 Å². The summed E-state index contributed by atoms with van der Waals surface area (Å²) in [6.45, 7) is 6.14. The van der Waals surface area contributed by atoms with Crippen LogP contribution in [0.2, 0.25) is 0 Å². The summed E-state index contributed by atoms with van der Waals surface area (Å²) in [5.74, 6) is -0.260. The molecule has 0 aliphatic rings. The van der Waals surface area contributed by atoms with Crippen molar-refractivity contribution >= 4 is 22.8 Å². The highest BCUT2D eigenvalue weighted by atomic mass is 32.2. The van der Waals surface area contributed by atoms with Gasteiger partial charge in [0.05, 0.1) is 13.5 Å². The molecule has 0 aliphatic carbocycles. The Labute approximate surface area is 118 Å². The van der Waals surface area contributed by atoms with Crippen molar-refractivity contribution in [3.63, 3.8) is 0 Å². The summed E-state index contributed by atoms with van der Waals surface area (Å²) in [4.78, 5) is 23.9. The van der Waals surface area contributed by atoms with Gasteiger partial charge in [-0.15, -0.1) is 0 Å². The second kappa shape index (κ2) is 6.75. The molecule has 1 rings (SSSR count). The van der Waals surface area contributed by atoms with Gasteiger partial charge in [-0.05, 0) is 23.1 Å². The molecule has 0 bridgehead atoms. The molecule has 0 spiro atoms. The first-order valence-electron chi connectivity index (χ1n) is 6.16. The molecule has 0 atom stereocenters. The van der Waals surface area contributed by atoms with Gasteiger partial charge in [-0.25, -0.2) is 0 Å². The van der Waals surface area contributed by atoms with Crippen LogP contribution < -0.4 is 0 Å². The molecule has 0 fully saturated rings. The van der Waals surface area contributed by atoms with Crippen LogP contribution in [-0.4, -0.2) is 18.2 Å². The van der Waals surface area contributed by atoms with Gasteiger partial charge < -0.3 is 4.74 Å². The first-order chi connectivity index (χ1) is 8.80. The number of carbonyl (C=O) groups excluding carboxylic acids is 2. The van der Waals surface area contributed by atoms with Gasteiger partial charge in [0.25, 0.3) is 0 Å². The van der Waals surface area contributed by atoms with Crippen LogP contribution in [-0.2, 0) is 20.7 Å². The van der Waals surface area contributed by atoms with Crippen molar-refractivity contribution in [2.45, 2.75) is 38.5 Å². The predicted molar refractivity (Wildman–Crippen MR) is 77.1 cm³/mol. The lowest BCUT2D eigenvalue weighted by molar-refractivity contribution is -0.139. The average molecular weight is 280 g/mol. The van der Waals surface area contributed by atoms with Crippen LogP contribution >= 0.6 is 11.8 Å². The molecule has 1 aromatic carbocycles. The fraction of sp³-hybridized carbons (Fsp3) is 0.467. The number of hydrogen-bond acceptors (Lipinski definition) is 4. The van der Waals surface area contributed by atoms with E-state index < -0.39 is 0 Å². The van der Waals surface area contributed by atoms with E-state index >= 15 is 0 Å². The van der Waals surface area contributed by atoms with Gasteiger partial charge in [0.2, 0.25) is 0 Å². The Bertz CT molecular complexity index is 443. The quantitative estimate of drug-likeness (QED) is 0.626. The molecule has 104 valence electrons. The second-order valence-corrected chi connectivity index (χ2v) is 6.74. The number of thioether (sulfide) groups is 1. The lowest BCUT2D eigenvalue weighted by Gasteiger charge is -2.16. The van der Waals surface area contributed by atoms with Gasteiger partial charge in [0.15, 0.2) is 5.12 Å². The maximum absolute atomic E-state index is 11.8. The zero-order chi connectivity index (χ0) is 14.5. The summed E-state index contributed by atoms with van der Waals surface area (Å²) < 4.78 is 4.61. The Balaban J connectivity index is 2.57. The van der Waals surface area contributed by atoms with Gasteiger partial charge in [0.1, 0.15) is 0 Å². The van der Waals surface area contributed by atoms with E-state index in [2.05, 4.69) is 4.74 Å². The molecule has 0 aliphatic heterocycles. The van der Waals surface area contributed by atoms with E-state index in [9.17, 15) is 9.59 Å². The average Bonchev–Trinajstić information content (AvgIpc) is 2.29. The van der Waals surface area contributed by atoms with Crippen LogP contribution in [0, 0.1) is 5.41 Å². The normalized spacial score (nSPS) is 11.2. The van der Waals surface area contributed by atoms with Crippen LogP contribution in [0.4, 0.5) is 0 Å². The van der Waals surface area contributed by atoms with E-state index in [1.807, 2.05) is 45.0 Å². The van der Waals surface area contributed by atoms with E-state index in [1.54, 1.807) is 0 Å². The Morgan fingerprint density at radius 1 is 1.16 bits per heavy atom. The van der Waals surface area contributed by atoms with E-state index in [1.165, 1.54) is 18.9 Å². The molecule has 0 radical (unpaired) electrons. The third kappa shape index (κ3) is 6.43. The molecule has 1 aromatic rings. The van der Waals surface area contributed by atoms with Gasteiger partial charge in [-0.3, -0.25) is 9.59 Å². The maximum Gasteiger partial charge on any atom is 0.309 e. The Hall–Kier alpha value is -1.29. The van der Waals surface area contributed by atoms with Crippen molar-refractivity contribution in [1.29, 1.82) is 0 Å². The number of ether oxygens (including phenoxy) is 1. The molecule has 0 aromatic heterocycles. The van der Waals surface area contributed by atoms with Crippen molar-refractivity contribution < 1.29 is 14.3 Å². The number of esters is 1. The van der Waals surface area contributed by atoms with Crippen LogP contribution in [0.25, 0.3) is 0 Å². The Morgan fingerprint density at radius 2 is 1.74 bits per heavy atom. The number of benzene rings is 1. The molecule has 0 saturated heterocycles. The van der Waals surface area contributed by atoms with Crippen molar-refractivity contribution in [1.82, 2.24) is 0 Å². The van der Waals surface area contributed by atoms with E-state index in [4.69, 9.17) is 0 Å². The highest BCUT2D eigenvalue weighted by Gasteiger charge is 2.16. The zero-order valence-corrected chi connectivity index (χ0v) is 12.7. The van der Waals surface area contributed by atoms with Crippen LogP contribution in [0.15, 0.2) is 29.2 Å². The molecule has 0 saturated carbocycles. The lowest BCUT2D eigenvalue weighted by atomic mass is 9.93. The monoisotopic (exact) mass is 280 g/mol. The molecule has 3 nitrogen and oxygen atoms in total. The first kappa shape index (κ1) is 15.8. The standard InChI is InChI=1S/C15H20O3S/c1-15(2,3)10-14(17)19-12-7-5-11(6-8-12)9-13(16)18-4/h5-8H,9-10H2,1-4H3. The summed E-state index contributed by atoms with van der Waals surface area (Å²) >= 11 is 1.25. The minimum Gasteiger partial charge on any atom is -0.469 e. The molecule has 4 heteroatoms. The van der Waals surface area contributed by atoms with Crippen LogP contribution in [0.1, 0.15) is 32.8 Å². The van der Waals surface area contributed by atoms with Gasteiger partial charge >= 0.3 is 5.97 Å². The predicted octanol–water partition coefficient (Wildman–Crippen LogP) is 3.46. The van der Waals surface area contributed by atoms with Crippen molar-refractivity contribution in [2.75, 3.05) is 7.11 Å². The summed E-state index contributed by atoms with van der Waals surface area (Å²) in [7, 11) is 1.37. The summed E-state index contributed by atoms with van der Waals surface area (Å²) in [5, 5.41) is 0.160. The highest BCUT2D eigenvalue weighted by molar-refractivity contribution is 8.13. The number of hydrogen-bond donors (Lipinski definition) is 0. The fourth-order valence-electron chi connectivity index (χ4n) is 1.51. The van der Waals surface area contributed by atoms with Crippen molar-refractivity contribution in [3.8, 4) is 0 Å². The minimum absolute atomic E-state index is 0.00884. The first-order valence-corrected chi connectivity index (χ1v) is 6.98. The molecule has 0 amide bonds. The van der Waals surface area contributed by atoms with Gasteiger partial charge in [-0.1, -0.05) is 44.7 Å². The Morgan fingerprint density at radius 3 is 2.21 bits per heavy atom. The lowest BCUT2D eigenvalue weighted by Crippen LogP contribution is -2.10. The molecule has 0 unspecified atom stereocenters.